The van der Waals surface area contributed by atoms with Crippen LogP contribution in [0.3, 0.4) is 0 Å². The summed E-state index contributed by atoms with van der Waals surface area (Å²) in [6.45, 7) is 1.71. The Morgan fingerprint density at radius 3 is 2.58 bits per heavy atom. The maximum absolute atomic E-state index is 12.1. The second-order valence-corrected chi connectivity index (χ2v) is 4.79. The maximum Gasteiger partial charge on any atom is 0.257 e. The first-order valence-electron chi connectivity index (χ1n) is 5.54. The summed E-state index contributed by atoms with van der Waals surface area (Å²) in [5.74, 6) is -0.254. The van der Waals surface area contributed by atoms with Gasteiger partial charge in [-0.15, -0.1) is 0 Å². The van der Waals surface area contributed by atoms with Crippen molar-refractivity contribution in [3.05, 3.63) is 57.6 Å². The molecular weight excluding hydrogens is 285 g/mol. The predicted octanol–water partition coefficient (Wildman–Crippen LogP) is 4.26. The minimum Gasteiger partial charge on any atom is -0.508 e. The van der Waals surface area contributed by atoms with Crippen molar-refractivity contribution in [3.8, 4) is 5.75 Å². The average molecular weight is 296 g/mol. The standard InChI is InChI=1S/C14H11Cl2NO2/c1-8-11(6-3-7-12(8)18)17-14(19)9-4-2-5-10(15)13(9)16/h2-7,18H,1H3,(H,17,19). The summed E-state index contributed by atoms with van der Waals surface area (Å²) in [4.78, 5) is 12.1. The van der Waals surface area contributed by atoms with Crippen LogP contribution in [0.15, 0.2) is 36.4 Å². The van der Waals surface area contributed by atoms with Gasteiger partial charge in [-0.05, 0) is 31.2 Å². The molecule has 2 aromatic rings. The van der Waals surface area contributed by atoms with Crippen molar-refractivity contribution >= 4 is 34.8 Å². The molecule has 2 N–H and O–H groups in total. The number of hydrogen-bond donors (Lipinski definition) is 2. The van der Waals surface area contributed by atoms with Crippen LogP contribution in [0.25, 0.3) is 0 Å². The number of halogens is 2. The minimum absolute atomic E-state index is 0.120. The molecule has 1 amide bonds. The molecule has 0 spiro atoms. The van der Waals surface area contributed by atoms with E-state index < -0.39 is 0 Å². The van der Waals surface area contributed by atoms with Gasteiger partial charge in [0, 0.05) is 11.3 Å². The predicted molar refractivity (Wildman–Crippen MR) is 77.3 cm³/mol. The molecule has 0 heterocycles. The summed E-state index contributed by atoms with van der Waals surface area (Å²) in [5.41, 5.74) is 1.41. The summed E-state index contributed by atoms with van der Waals surface area (Å²) >= 11 is 11.8. The lowest BCUT2D eigenvalue weighted by molar-refractivity contribution is 0.102. The first-order chi connectivity index (χ1) is 9.00. The Kier molecular flexibility index (Phi) is 3.98. The fourth-order valence-corrected chi connectivity index (χ4v) is 2.01. The first kappa shape index (κ1) is 13.7. The molecule has 0 saturated heterocycles. The van der Waals surface area contributed by atoms with Gasteiger partial charge in [0.05, 0.1) is 15.6 Å². The topological polar surface area (TPSA) is 49.3 Å². The number of aromatic hydroxyl groups is 1. The molecule has 0 saturated carbocycles. The quantitative estimate of drug-likeness (QED) is 0.870. The third kappa shape index (κ3) is 2.83. The van der Waals surface area contributed by atoms with Gasteiger partial charge in [0.15, 0.2) is 0 Å². The van der Waals surface area contributed by atoms with E-state index in [4.69, 9.17) is 23.2 Å². The zero-order valence-corrected chi connectivity index (χ0v) is 11.6. The van der Waals surface area contributed by atoms with Crippen LogP contribution < -0.4 is 5.32 Å². The van der Waals surface area contributed by atoms with Crippen molar-refractivity contribution in [2.24, 2.45) is 0 Å². The smallest absolute Gasteiger partial charge is 0.257 e. The summed E-state index contributed by atoms with van der Waals surface area (Å²) in [5, 5.41) is 12.8. The summed E-state index contributed by atoms with van der Waals surface area (Å²) in [7, 11) is 0. The van der Waals surface area contributed by atoms with Crippen LogP contribution in [0.4, 0.5) is 5.69 Å². The number of benzene rings is 2. The lowest BCUT2D eigenvalue weighted by Crippen LogP contribution is -2.13. The van der Waals surface area contributed by atoms with Gasteiger partial charge in [-0.2, -0.15) is 0 Å². The molecule has 0 aromatic heterocycles. The van der Waals surface area contributed by atoms with Gasteiger partial charge < -0.3 is 10.4 Å². The number of amides is 1. The molecule has 19 heavy (non-hydrogen) atoms. The van der Waals surface area contributed by atoms with Crippen LogP contribution in [-0.2, 0) is 0 Å². The SMILES string of the molecule is Cc1c(O)cccc1NC(=O)c1cccc(Cl)c1Cl. The summed E-state index contributed by atoms with van der Waals surface area (Å²) in [6.07, 6.45) is 0. The number of rotatable bonds is 2. The Morgan fingerprint density at radius 1 is 1.16 bits per heavy atom. The monoisotopic (exact) mass is 295 g/mol. The highest BCUT2D eigenvalue weighted by Gasteiger charge is 2.14. The highest BCUT2D eigenvalue weighted by Crippen LogP contribution is 2.28. The Balaban J connectivity index is 2.31. The number of phenols is 1. The Labute approximate surface area is 120 Å². The number of hydrogen-bond acceptors (Lipinski definition) is 2. The molecule has 2 rings (SSSR count). The molecule has 98 valence electrons. The lowest BCUT2D eigenvalue weighted by Gasteiger charge is -2.10. The van der Waals surface area contributed by atoms with E-state index in [1.54, 1.807) is 43.3 Å². The van der Waals surface area contributed by atoms with Gasteiger partial charge in [0.2, 0.25) is 0 Å². The normalized spacial score (nSPS) is 10.3. The third-order valence-corrected chi connectivity index (χ3v) is 3.57. The largest absolute Gasteiger partial charge is 0.508 e. The molecule has 2 aromatic carbocycles. The zero-order valence-electron chi connectivity index (χ0n) is 10.1. The summed E-state index contributed by atoms with van der Waals surface area (Å²) in [6, 6.07) is 9.75. The molecule has 0 atom stereocenters. The van der Waals surface area contributed by atoms with Gasteiger partial charge >= 0.3 is 0 Å². The molecule has 0 aliphatic heterocycles. The number of carbonyl (C=O) groups is 1. The van der Waals surface area contributed by atoms with Crippen LogP contribution in [0.1, 0.15) is 15.9 Å². The van der Waals surface area contributed by atoms with E-state index in [9.17, 15) is 9.90 Å². The van der Waals surface area contributed by atoms with Gasteiger partial charge in [0.1, 0.15) is 5.75 Å². The van der Waals surface area contributed by atoms with Crippen LogP contribution in [0.5, 0.6) is 5.75 Å². The molecule has 5 heteroatoms. The highest BCUT2D eigenvalue weighted by molar-refractivity contribution is 6.44. The second kappa shape index (κ2) is 5.51. The number of carbonyl (C=O) groups excluding carboxylic acids is 1. The minimum atomic E-state index is -0.374. The highest BCUT2D eigenvalue weighted by atomic mass is 35.5. The van der Waals surface area contributed by atoms with E-state index in [-0.39, 0.29) is 22.2 Å². The van der Waals surface area contributed by atoms with Crippen molar-refractivity contribution in [2.75, 3.05) is 5.32 Å². The third-order valence-electron chi connectivity index (χ3n) is 2.75. The van der Waals surface area contributed by atoms with Gasteiger partial charge in [0.25, 0.3) is 5.91 Å². The molecule has 0 aliphatic carbocycles. The fourth-order valence-electron chi connectivity index (χ4n) is 1.63. The number of nitrogens with one attached hydrogen (secondary N) is 1. The number of phenolic OH excluding ortho intramolecular Hbond substituents is 1. The molecule has 0 aliphatic rings. The van der Waals surface area contributed by atoms with E-state index in [1.807, 2.05) is 0 Å². The summed E-state index contributed by atoms with van der Waals surface area (Å²) < 4.78 is 0. The van der Waals surface area contributed by atoms with Gasteiger partial charge in [-0.1, -0.05) is 35.3 Å². The molecule has 0 radical (unpaired) electrons. The van der Waals surface area contributed by atoms with Crippen LogP contribution >= 0.6 is 23.2 Å². The molecule has 0 fully saturated rings. The van der Waals surface area contributed by atoms with E-state index in [0.717, 1.165) is 0 Å². The van der Waals surface area contributed by atoms with Crippen LogP contribution in [-0.4, -0.2) is 11.0 Å². The van der Waals surface area contributed by atoms with E-state index in [1.165, 1.54) is 0 Å². The molecule has 0 unspecified atom stereocenters. The lowest BCUT2D eigenvalue weighted by atomic mass is 10.1. The van der Waals surface area contributed by atoms with Crippen molar-refractivity contribution in [1.29, 1.82) is 0 Å². The average Bonchev–Trinajstić information content (AvgIpc) is 2.38. The first-order valence-corrected chi connectivity index (χ1v) is 6.30. The van der Waals surface area contributed by atoms with Gasteiger partial charge in [-0.3, -0.25) is 4.79 Å². The maximum atomic E-state index is 12.1. The second-order valence-electron chi connectivity index (χ2n) is 4.01. The van der Waals surface area contributed by atoms with Crippen molar-refractivity contribution in [1.82, 2.24) is 0 Å². The van der Waals surface area contributed by atoms with Crippen LogP contribution in [0, 0.1) is 6.92 Å². The number of anilines is 1. The molecular formula is C14H11Cl2NO2. The fraction of sp³-hybridized carbons (Fsp3) is 0.0714. The van der Waals surface area contributed by atoms with Crippen molar-refractivity contribution < 1.29 is 9.90 Å². The Morgan fingerprint density at radius 2 is 1.84 bits per heavy atom. The van der Waals surface area contributed by atoms with E-state index in [2.05, 4.69) is 5.32 Å². The van der Waals surface area contributed by atoms with E-state index in [0.29, 0.717) is 16.3 Å². The van der Waals surface area contributed by atoms with Crippen molar-refractivity contribution in [2.45, 2.75) is 6.92 Å². The Bertz CT molecular complexity index is 641. The zero-order chi connectivity index (χ0) is 14.0. The van der Waals surface area contributed by atoms with Gasteiger partial charge in [-0.25, -0.2) is 0 Å². The Hall–Kier alpha value is -1.71. The van der Waals surface area contributed by atoms with Crippen molar-refractivity contribution in [3.63, 3.8) is 0 Å². The molecule has 3 nitrogen and oxygen atoms in total. The van der Waals surface area contributed by atoms with E-state index >= 15 is 0 Å². The van der Waals surface area contributed by atoms with Crippen LogP contribution in [0.2, 0.25) is 10.0 Å². The molecule has 0 bridgehead atoms.